The Morgan fingerprint density at radius 2 is 1.88 bits per heavy atom. The molecule has 2 heterocycles. The minimum atomic E-state index is -4.61. The Bertz CT molecular complexity index is 892. The average Bonchev–Trinajstić information content (AvgIpc) is 3.04. The molecule has 0 aromatic carbocycles. The number of pyridine rings is 1. The molecule has 1 unspecified atom stereocenters. The Balaban J connectivity index is 1.66. The van der Waals surface area contributed by atoms with Gasteiger partial charge in [-0.15, -0.1) is 0 Å². The van der Waals surface area contributed by atoms with E-state index >= 15 is 0 Å². The molecule has 0 radical (unpaired) electrons. The molecule has 2 fully saturated rings. The summed E-state index contributed by atoms with van der Waals surface area (Å²) in [5.41, 5.74) is -3.22. The number of rotatable bonds is 5. The van der Waals surface area contributed by atoms with E-state index in [4.69, 9.17) is 9.47 Å². The summed E-state index contributed by atoms with van der Waals surface area (Å²) in [7, 11) is 0. The lowest BCUT2D eigenvalue weighted by Gasteiger charge is -2.49. The highest BCUT2D eigenvalue weighted by Gasteiger charge is 2.56. The van der Waals surface area contributed by atoms with Crippen molar-refractivity contribution in [1.29, 1.82) is 0 Å². The summed E-state index contributed by atoms with van der Waals surface area (Å²) in [5, 5.41) is 3.03. The highest BCUT2D eigenvalue weighted by atomic mass is 19.4. The first-order chi connectivity index (χ1) is 15.2. The Hall–Kier alpha value is -2.52. The first-order valence-corrected chi connectivity index (χ1v) is 11.1. The molecule has 7 nitrogen and oxygen atoms in total. The molecule has 3 rings (SSSR count). The zero-order chi connectivity index (χ0) is 24.7. The van der Waals surface area contributed by atoms with Crippen molar-refractivity contribution in [3.8, 4) is 5.88 Å². The third kappa shape index (κ3) is 5.35. The predicted molar refractivity (Wildman–Crippen MR) is 115 cm³/mol. The fraction of sp³-hybridized carbons (Fsp3) is 0.696. The van der Waals surface area contributed by atoms with Crippen LogP contribution in [0.15, 0.2) is 18.3 Å². The average molecular weight is 472 g/mol. The second-order valence-corrected chi connectivity index (χ2v) is 10.4. The van der Waals surface area contributed by atoms with Gasteiger partial charge in [-0.3, -0.25) is 4.79 Å². The van der Waals surface area contributed by atoms with Gasteiger partial charge in [-0.2, -0.15) is 13.2 Å². The van der Waals surface area contributed by atoms with Crippen LogP contribution in [0.5, 0.6) is 5.88 Å². The van der Waals surface area contributed by atoms with Crippen molar-refractivity contribution >= 4 is 12.0 Å². The van der Waals surface area contributed by atoms with Crippen LogP contribution >= 0.6 is 0 Å². The molecule has 0 bridgehead atoms. The maximum atomic E-state index is 13.2. The SMILES string of the molecule is CC(C)(C)OC(=O)N1CCC(NC(=O)C(C)(C)COc2ncccc2C(F)(F)F)C12CCC2. The van der Waals surface area contributed by atoms with Crippen LogP contribution in [-0.2, 0) is 15.7 Å². The first-order valence-electron chi connectivity index (χ1n) is 11.1. The van der Waals surface area contributed by atoms with Gasteiger partial charge in [-0.1, -0.05) is 0 Å². The van der Waals surface area contributed by atoms with Crippen LogP contribution in [0, 0.1) is 5.41 Å². The molecule has 1 N–H and O–H groups in total. The number of ether oxygens (including phenoxy) is 2. The molecule has 33 heavy (non-hydrogen) atoms. The summed E-state index contributed by atoms with van der Waals surface area (Å²) in [4.78, 5) is 31.2. The highest BCUT2D eigenvalue weighted by Crippen LogP contribution is 2.46. The zero-order valence-corrected chi connectivity index (χ0v) is 19.7. The fourth-order valence-electron chi connectivity index (χ4n) is 4.28. The van der Waals surface area contributed by atoms with Crippen LogP contribution in [0.2, 0.25) is 0 Å². The number of likely N-dealkylation sites (tertiary alicyclic amines) is 1. The second kappa shape index (κ2) is 8.68. The van der Waals surface area contributed by atoms with Crippen molar-refractivity contribution in [2.75, 3.05) is 13.2 Å². The summed E-state index contributed by atoms with van der Waals surface area (Å²) >= 11 is 0. The molecular weight excluding hydrogens is 439 g/mol. The number of hydrogen-bond acceptors (Lipinski definition) is 5. The molecule has 1 atom stereocenters. The molecule has 1 saturated heterocycles. The van der Waals surface area contributed by atoms with Gasteiger partial charge in [-0.25, -0.2) is 9.78 Å². The van der Waals surface area contributed by atoms with Gasteiger partial charge in [0, 0.05) is 12.7 Å². The van der Waals surface area contributed by atoms with Gasteiger partial charge in [0.25, 0.3) is 0 Å². The van der Waals surface area contributed by atoms with Gasteiger partial charge in [0.05, 0.1) is 17.0 Å². The quantitative estimate of drug-likeness (QED) is 0.681. The normalized spacial score (nSPS) is 20.4. The zero-order valence-electron chi connectivity index (χ0n) is 19.7. The van der Waals surface area contributed by atoms with E-state index in [1.54, 1.807) is 18.7 Å². The molecule has 1 aromatic heterocycles. The van der Waals surface area contributed by atoms with Crippen LogP contribution < -0.4 is 10.1 Å². The molecule has 1 spiro atoms. The summed E-state index contributed by atoms with van der Waals surface area (Å²) < 4.78 is 50.5. The van der Waals surface area contributed by atoms with Gasteiger partial charge in [0.15, 0.2) is 0 Å². The largest absolute Gasteiger partial charge is 0.476 e. The number of nitrogens with one attached hydrogen (secondary N) is 1. The van der Waals surface area contributed by atoms with Crippen molar-refractivity contribution in [2.45, 2.75) is 83.7 Å². The van der Waals surface area contributed by atoms with Crippen LogP contribution in [0.1, 0.15) is 65.9 Å². The standard InChI is InChI=1S/C23H32F3N3O4/c1-20(2,3)33-19(31)29-13-9-16(22(29)10-7-11-22)28-18(30)21(4,5)14-32-17-15(23(24,25)26)8-6-12-27-17/h6,8,12,16H,7,9-11,13-14H2,1-5H3,(H,28,30). The van der Waals surface area contributed by atoms with E-state index in [1.165, 1.54) is 12.3 Å². The number of hydrogen-bond donors (Lipinski definition) is 1. The maximum Gasteiger partial charge on any atom is 0.421 e. The lowest BCUT2D eigenvalue weighted by molar-refractivity contribution is -0.140. The lowest BCUT2D eigenvalue weighted by Crippen LogP contribution is -2.63. The number of alkyl halides is 3. The third-order valence-corrected chi connectivity index (χ3v) is 6.23. The number of halogens is 3. The Kier molecular flexibility index (Phi) is 6.61. The molecule has 2 aliphatic rings. The Morgan fingerprint density at radius 1 is 1.21 bits per heavy atom. The number of carbonyl (C=O) groups is 2. The summed E-state index contributed by atoms with van der Waals surface area (Å²) in [6.45, 7) is 8.82. The third-order valence-electron chi connectivity index (χ3n) is 6.23. The molecular formula is C23H32F3N3O4. The minimum absolute atomic E-state index is 0.258. The van der Waals surface area contributed by atoms with E-state index in [-0.39, 0.29) is 18.6 Å². The van der Waals surface area contributed by atoms with Crippen molar-refractivity contribution in [1.82, 2.24) is 15.2 Å². The molecule has 184 valence electrons. The first kappa shape index (κ1) is 25.1. The van der Waals surface area contributed by atoms with Crippen molar-refractivity contribution in [2.24, 2.45) is 5.41 Å². The molecule has 10 heteroatoms. The van der Waals surface area contributed by atoms with Crippen LogP contribution in [0.3, 0.4) is 0 Å². The van der Waals surface area contributed by atoms with Gasteiger partial charge in [-0.05, 0) is 72.4 Å². The fourth-order valence-corrected chi connectivity index (χ4v) is 4.28. The van der Waals surface area contributed by atoms with E-state index in [1.807, 2.05) is 20.8 Å². The predicted octanol–water partition coefficient (Wildman–Crippen LogP) is 4.55. The van der Waals surface area contributed by atoms with E-state index in [0.29, 0.717) is 13.0 Å². The molecule has 1 saturated carbocycles. The van der Waals surface area contributed by atoms with Crippen LogP contribution in [0.4, 0.5) is 18.0 Å². The Labute approximate surface area is 192 Å². The van der Waals surface area contributed by atoms with E-state index in [0.717, 1.165) is 25.3 Å². The van der Waals surface area contributed by atoms with Gasteiger partial charge in [0.2, 0.25) is 11.8 Å². The number of carbonyl (C=O) groups excluding carboxylic acids is 2. The minimum Gasteiger partial charge on any atom is -0.476 e. The molecule has 1 aliphatic heterocycles. The number of aromatic nitrogens is 1. The lowest BCUT2D eigenvalue weighted by atomic mass is 9.71. The molecule has 2 amide bonds. The smallest absolute Gasteiger partial charge is 0.421 e. The second-order valence-electron chi connectivity index (χ2n) is 10.4. The summed E-state index contributed by atoms with van der Waals surface area (Å²) in [6.07, 6.45) is -0.744. The highest BCUT2D eigenvalue weighted by molar-refractivity contribution is 5.82. The van der Waals surface area contributed by atoms with Gasteiger partial charge < -0.3 is 19.7 Å². The van der Waals surface area contributed by atoms with Gasteiger partial charge >= 0.3 is 12.3 Å². The van der Waals surface area contributed by atoms with Crippen molar-refractivity contribution in [3.05, 3.63) is 23.9 Å². The molecule has 1 aromatic rings. The van der Waals surface area contributed by atoms with Crippen LogP contribution in [0.25, 0.3) is 0 Å². The van der Waals surface area contributed by atoms with E-state index in [9.17, 15) is 22.8 Å². The van der Waals surface area contributed by atoms with Crippen LogP contribution in [-0.4, -0.2) is 52.2 Å². The summed E-state index contributed by atoms with van der Waals surface area (Å²) in [6, 6.07) is 1.81. The monoisotopic (exact) mass is 471 g/mol. The number of nitrogens with zero attached hydrogens (tertiary/aromatic N) is 2. The van der Waals surface area contributed by atoms with E-state index in [2.05, 4.69) is 10.3 Å². The van der Waals surface area contributed by atoms with Crippen molar-refractivity contribution in [3.63, 3.8) is 0 Å². The van der Waals surface area contributed by atoms with E-state index < -0.39 is 40.3 Å². The maximum absolute atomic E-state index is 13.2. The Morgan fingerprint density at radius 3 is 2.42 bits per heavy atom. The van der Waals surface area contributed by atoms with Crippen molar-refractivity contribution < 1.29 is 32.2 Å². The topological polar surface area (TPSA) is 80.8 Å². The number of amides is 2. The van der Waals surface area contributed by atoms with Gasteiger partial charge in [0.1, 0.15) is 17.8 Å². The molecule has 1 aliphatic carbocycles. The summed E-state index contributed by atoms with van der Waals surface area (Å²) in [5.74, 6) is -0.910.